The van der Waals surface area contributed by atoms with E-state index in [0.29, 0.717) is 18.0 Å². The lowest BCUT2D eigenvalue weighted by Crippen LogP contribution is -2.49. The molecule has 1 aliphatic heterocycles. The van der Waals surface area contributed by atoms with E-state index in [0.717, 1.165) is 5.56 Å². The molecule has 1 atom stereocenters. The van der Waals surface area contributed by atoms with Gasteiger partial charge in [0.15, 0.2) is 9.84 Å². The van der Waals surface area contributed by atoms with E-state index < -0.39 is 15.4 Å². The minimum absolute atomic E-state index is 0.0139. The smallest absolute Gasteiger partial charge is 0.234 e. The largest absolute Gasteiger partial charge is 0.349 e. The molecule has 2 rings (SSSR count). The summed E-state index contributed by atoms with van der Waals surface area (Å²) >= 11 is 6.10. The van der Waals surface area contributed by atoms with Gasteiger partial charge in [0.2, 0.25) is 5.91 Å². The van der Waals surface area contributed by atoms with Gasteiger partial charge in [0.05, 0.1) is 23.6 Å². The zero-order valence-electron chi connectivity index (χ0n) is 12.8. The fraction of sp³-hybridized carbons (Fsp3) is 0.533. The Morgan fingerprint density at radius 3 is 2.68 bits per heavy atom. The molecular weight excluding hydrogens is 324 g/mol. The van der Waals surface area contributed by atoms with Crippen LogP contribution in [-0.2, 0) is 21.2 Å². The van der Waals surface area contributed by atoms with Gasteiger partial charge in [0.25, 0.3) is 0 Å². The fourth-order valence-corrected chi connectivity index (χ4v) is 4.99. The second-order valence-electron chi connectivity index (χ2n) is 6.21. The van der Waals surface area contributed by atoms with Crippen LogP contribution >= 0.6 is 11.6 Å². The molecule has 1 saturated heterocycles. The van der Waals surface area contributed by atoms with E-state index in [1.165, 1.54) is 0 Å². The predicted octanol–water partition coefficient (Wildman–Crippen LogP) is 1.47. The number of carbonyl (C=O) groups excluding carboxylic acids is 1. The summed E-state index contributed by atoms with van der Waals surface area (Å²) in [6, 6.07) is 7.50. The highest BCUT2D eigenvalue weighted by Gasteiger charge is 2.39. The molecule has 7 heteroatoms. The highest BCUT2D eigenvalue weighted by molar-refractivity contribution is 7.91. The Kier molecular flexibility index (Phi) is 5.14. The van der Waals surface area contributed by atoms with Crippen molar-refractivity contribution < 1.29 is 13.2 Å². The third kappa shape index (κ3) is 4.69. The van der Waals surface area contributed by atoms with Crippen molar-refractivity contribution in [1.29, 1.82) is 0 Å². The summed E-state index contributed by atoms with van der Waals surface area (Å²) in [5.74, 6) is -0.0201. The normalized spacial score (nSPS) is 23.6. The van der Waals surface area contributed by atoms with Crippen molar-refractivity contribution in [3.8, 4) is 0 Å². The summed E-state index contributed by atoms with van der Waals surface area (Å²) in [6.07, 6.45) is 0.468. The van der Waals surface area contributed by atoms with Crippen molar-refractivity contribution in [2.45, 2.75) is 25.4 Å². The molecule has 0 unspecified atom stereocenters. The molecule has 0 aliphatic carbocycles. The first-order chi connectivity index (χ1) is 10.2. The quantitative estimate of drug-likeness (QED) is 0.878. The maximum Gasteiger partial charge on any atom is 0.234 e. The number of rotatable bonds is 5. The Labute approximate surface area is 136 Å². The average molecular weight is 345 g/mol. The molecule has 0 saturated carbocycles. The Hall–Kier alpha value is -1.11. The topological polar surface area (TPSA) is 66.5 Å². The highest BCUT2D eigenvalue weighted by Crippen LogP contribution is 2.22. The molecule has 0 aromatic heterocycles. The van der Waals surface area contributed by atoms with Crippen LogP contribution in [0.1, 0.15) is 18.9 Å². The number of nitrogens with one attached hydrogen (secondary N) is 1. The average Bonchev–Trinajstić information content (AvgIpc) is 2.65. The molecule has 5 nitrogen and oxygen atoms in total. The van der Waals surface area contributed by atoms with Crippen LogP contribution in [0, 0.1) is 0 Å². The molecule has 1 N–H and O–H groups in total. The first-order valence-electron chi connectivity index (χ1n) is 7.13. The molecule has 0 bridgehead atoms. The van der Waals surface area contributed by atoms with Crippen molar-refractivity contribution in [2.75, 3.05) is 25.1 Å². The first kappa shape index (κ1) is 17.2. The summed E-state index contributed by atoms with van der Waals surface area (Å²) in [5.41, 5.74) is 0.301. The van der Waals surface area contributed by atoms with E-state index >= 15 is 0 Å². The van der Waals surface area contributed by atoms with Crippen molar-refractivity contribution >= 4 is 27.3 Å². The van der Waals surface area contributed by atoms with Gasteiger partial charge in [-0.3, -0.25) is 9.69 Å². The monoisotopic (exact) mass is 344 g/mol. The summed E-state index contributed by atoms with van der Waals surface area (Å²) in [6.45, 7) is 2.53. The molecule has 122 valence electrons. The van der Waals surface area contributed by atoms with Crippen molar-refractivity contribution in [3.63, 3.8) is 0 Å². The molecule has 22 heavy (non-hydrogen) atoms. The minimum Gasteiger partial charge on any atom is -0.349 e. The molecule has 1 aromatic rings. The second kappa shape index (κ2) is 6.56. The number of benzene rings is 1. The number of hydrogen-bond acceptors (Lipinski definition) is 4. The second-order valence-corrected chi connectivity index (χ2v) is 8.81. The highest BCUT2D eigenvalue weighted by atomic mass is 35.5. The van der Waals surface area contributed by atoms with Gasteiger partial charge >= 0.3 is 0 Å². The standard InChI is InChI=1S/C15H21ClN2O3S/c1-15(7-8-22(20,21)11-15)17-14(19)10-18(2)9-12-5-3-4-6-13(12)16/h3-6H,7-11H2,1-2H3,(H,17,19)/t15-/m0/s1. The lowest BCUT2D eigenvalue weighted by atomic mass is 10.0. The maximum absolute atomic E-state index is 12.1. The number of hydrogen-bond donors (Lipinski definition) is 1. The molecular formula is C15H21ClN2O3S. The van der Waals surface area contributed by atoms with Gasteiger partial charge in [-0.05, 0) is 32.0 Å². The first-order valence-corrected chi connectivity index (χ1v) is 9.32. The van der Waals surface area contributed by atoms with E-state index in [-0.39, 0.29) is 24.0 Å². The van der Waals surface area contributed by atoms with Gasteiger partial charge in [0.1, 0.15) is 0 Å². The Morgan fingerprint density at radius 2 is 2.09 bits per heavy atom. The summed E-state index contributed by atoms with van der Waals surface area (Å²) in [4.78, 5) is 14.0. The zero-order valence-corrected chi connectivity index (χ0v) is 14.4. The van der Waals surface area contributed by atoms with Crippen LogP contribution in [0.25, 0.3) is 0 Å². The van der Waals surface area contributed by atoms with Crippen LogP contribution in [0.5, 0.6) is 0 Å². The SMILES string of the molecule is CN(CC(=O)N[C@@]1(C)CCS(=O)(=O)C1)Cc1ccccc1Cl. The van der Waals surface area contributed by atoms with Gasteiger partial charge in [-0.1, -0.05) is 29.8 Å². The number of nitrogens with zero attached hydrogens (tertiary/aromatic N) is 1. The Balaban J connectivity index is 1.88. The number of sulfone groups is 1. The van der Waals surface area contributed by atoms with E-state index in [1.807, 2.05) is 36.2 Å². The van der Waals surface area contributed by atoms with Crippen LogP contribution in [0.15, 0.2) is 24.3 Å². The molecule has 1 heterocycles. The molecule has 1 fully saturated rings. The molecule has 1 aromatic carbocycles. The molecule has 0 radical (unpaired) electrons. The molecule has 1 amide bonds. The van der Waals surface area contributed by atoms with Crippen LogP contribution in [0.4, 0.5) is 0 Å². The Bertz CT molecular complexity index is 663. The predicted molar refractivity (Wildman–Crippen MR) is 87.6 cm³/mol. The van der Waals surface area contributed by atoms with Gasteiger partial charge in [0, 0.05) is 11.6 Å². The fourth-order valence-electron chi connectivity index (χ4n) is 2.70. The van der Waals surface area contributed by atoms with Gasteiger partial charge in [-0.2, -0.15) is 0 Å². The number of amides is 1. The summed E-state index contributed by atoms with van der Waals surface area (Å²) < 4.78 is 23.1. The summed E-state index contributed by atoms with van der Waals surface area (Å²) in [7, 11) is -1.20. The zero-order chi connectivity index (χ0) is 16.4. The van der Waals surface area contributed by atoms with Crippen molar-refractivity contribution in [1.82, 2.24) is 10.2 Å². The van der Waals surface area contributed by atoms with Crippen LogP contribution in [0.2, 0.25) is 5.02 Å². The Morgan fingerprint density at radius 1 is 1.41 bits per heavy atom. The maximum atomic E-state index is 12.1. The van der Waals surface area contributed by atoms with E-state index in [1.54, 1.807) is 6.92 Å². The van der Waals surface area contributed by atoms with Crippen LogP contribution in [0.3, 0.4) is 0 Å². The minimum atomic E-state index is -3.03. The van der Waals surface area contributed by atoms with Gasteiger partial charge in [-0.25, -0.2) is 8.42 Å². The van der Waals surface area contributed by atoms with Crippen molar-refractivity contribution in [3.05, 3.63) is 34.9 Å². The third-order valence-electron chi connectivity index (χ3n) is 3.76. The van der Waals surface area contributed by atoms with E-state index in [2.05, 4.69) is 5.32 Å². The van der Waals surface area contributed by atoms with Crippen LogP contribution in [-0.4, -0.2) is 49.9 Å². The lowest BCUT2D eigenvalue weighted by Gasteiger charge is -2.25. The summed E-state index contributed by atoms with van der Waals surface area (Å²) in [5, 5.41) is 3.52. The van der Waals surface area contributed by atoms with E-state index in [9.17, 15) is 13.2 Å². The number of likely N-dealkylation sites (N-methyl/N-ethyl adjacent to an activating group) is 1. The number of carbonyl (C=O) groups is 1. The molecule has 1 aliphatic rings. The van der Waals surface area contributed by atoms with Gasteiger partial charge < -0.3 is 5.32 Å². The third-order valence-corrected chi connectivity index (χ3v) is 6.03. The van der Waals surface area contributed by atoms with E-state index in [4.69, 9.17) is 11.6 Å². The van der Waals surface area contributed by atoms with Gasteiger partial charge in [-0.15, -0.1) is 0 Å². The lowest BCUT2D eigenvalue weighted by molar-refractivity contribution is -0.123. The van der Waals surface area contributed by atoms with Crippen LogP contribution < -0.4 is 5.32 Å². The number of halogens is 1. The van der Waals surface area contributed by atoms with Crippen molar-refractivity contribution in [2.24, 2.45) is 0 Å². The molecule has 0 spiro atoms.